The fourth-order valence-corrected chi connectivity index (χ4v) is 4.40. The van der Waals surface area contributed by atoms with E-state index >= 15 is 0 Å². The molecule has 0 atom stereocenters. The van der Waals surface area contributed by atoms with Gasteiger partial charge in [-0.1, -0.05) is 58.4 Å². The number of nitrogens with one attached hydrogen (secondary N) is 1. The van der Waals surface area contributed by atoms with Gasteiger partial charge in [0.15, 0.2) is 0 Å². The van der Waals surface area contributed by atoms with Crippen molar-refractivity contribution in [1.29, 1.82) is 0 Å². The van der Waals surface area contributed by atoms with Crippen LogP contribution in [0.2, 0.25) is 0 Å². The number of phenolic OH excluding ortho intramolecular Hbond substituents is 1. The van der Waals surface area contributed by atoms with Crippen molar-refractivity contribution in [3.63, 3.8) is 0 Å². The monoisotopic (exact) mass is 501 g/mol. The molecule has 3 aromatic carbocycles. The molecule has 9 heteroatoms. The lowest BCUT2D eigenvalue weighted by Crippen LogP contribution is -2.39. The van der Waals surface area contributed by atoms with E-state index in [0.29, 0.717) is 5.56 Å². The molecule has 0 spiro atoms. The van der Waals surface area contributed by atoms with Gasteiger partial charge in [-0.05, 0) is 47.5 Å². The summed E-state index contributed by atoms with van der Waals surface area (Å²) in [6, 6.07) is 21.6. The molecule has 0 radical (unpaired) electrons. The van der Waals surface area contributed by atoms with E-state index in [0.717, 1.165) is 14.3 Å². The van der Waals surface area contributed by atoms with Crippen molar-refractivity contribution in [2.75, 3.05) is 6.54 Å². The van der Waals surface area contributed by atoms with Crippen LogP contribution in [-0.4, -0.2) is 36.5 Å². The topological polar surface area (TPSA) is 99.1 Å². The number of rotatable bonds is 8. The van der Waals surface area contributed by atoms with E-state index < -0.39 is 22.5 Å². The normalized spacial score (nSPS) is 11.7. The standard InChI is InChI=1S/C22H20BrN3O4S/c23-19-9-11-21(12-10-19)31(29,30)26(15-17-5-2-1-3-6-17)16-22(28)25-24-14-18-7-4-8-20(27)13-18/h1-14,27H,15-16H2,(H,25,28). The minimum Gasteiger partial charge on any atom is -0.508 e. The number of hydrazone groups is 1. The molecule has 0 aromatic heterocycles. The number of phenols is 1. The number of halogens is 1. The minimum absolute atomic E-state index is 0.0307. The Labute approximate surface area is 189 Å². The molecule has 0 bridgehead atoms. The highest BCUT2D eigenvalue weighted by Gasteiger charge is 2.26. The van der Waals surface area contributed by atoms with Gasteiger partial charge in [0, 0.05) is 11.0 Å². The van der Waals surface area contributed by atoms with E-state index in [1.165, 1.54) is 30.5 Å². The van der Waals surface area contributed by atoms with Crippen LogP contribution in [0.4, 0.5) is 0 Å². The highest BCUT2D eigenvalue weighted by Crippen LogP contribution is 2.20. The summed E-state index contributed by atoms with van der Waals surface area (Å²) >= 11 is 3.29. The third-order valence-corrected chi connectivity index (χ3v) is 6.58. The average molecular weight is 502 g/mol. The maximum Gasteiger partial charge on any atom is 0.255 e. The van der Waals surface area contributed by atoms with E-state index in [4.69, 9.17) is 0 Å². The van der Waals surface area contributed by atoms with E-state index in [1.807, 2.05) is 6.07 Å². The molecule has 0 unspecified atom stereocenters. The molecule has 0 heterocycles. The first-order valence-electron chi connectivity index (χ1n) is 9.25. The smallest absolute Gasteiger partial charge is 0.255 e. The third kappa shape index (κ3) is 6.48. The number of aromatic hydroxyl groups is 1. The molecule has 2 N–H and O–H groups in total. The zero-order valence-corrected chi connectivity index (χ0v) is 18.8. The highest BCUT2D eigenvalue weighted by molar-refractivity contribution is 9.10. The lowest BCUT2D eigenvalue weighted by molar-refractivity contribution is -0.121. The van der Waals surface area contributed by atoms with E-state index in [1.54, 1.807) is 48.5 Å². The van der Waals surface area contributed by atoms with Crippen LogP contribution in [0.25, 0.3) is 0 Å². The summed E-state index contributed by atoms with van der Waals surface area (Å²) in [5, 5.41) is 13.3. The van der Waals surface area contributed by atoms with Crippen molar-refractivity contribution in [3.8, 4) is 5.75 Å². The van der Waals surface area contributed by atoms with Crippen LogP contribution in [0.5, 0.6) is 5.75 Å². The number of carbonyl (C=O) groups excluding carboxylic acids is 1. The number of nitrogens with zero attached hydrogens (tertiary/aromatic N) is 2. The molecule has 0 aliphatic heterocycles. The van der Waals surface area contributed by atoms with Gasteiger partial charge in [0.25, 0.3) is 5.91 Å². The summed E-state index contributed by atoms with van der Waals surface area (Å²) in [5.41, 5.74) is 3.67. The van der Waals surface area contributed by atoms with Crippen molar-refractivity contribution in [1.82, 2.24) is 9.73 Å². The fraction of sp³-hybridized carbons (Fsp3) is 0.0909. The zero-order chi connectivity index (χ0) is 22.3. The molecular weight excluding hydrogens is 482 g/mol. The maximum absolute atomic E-state index is 13.2. The van der Waals surface area contributed by atoms with E-state index in [2.05, 4.69) is 26.5 Å². The van der Waals surface area contributed by atoms with Gasteiger partial charge < -0.3 is 5.11 Å². The second-order valence-electron chi connectivity index (χ2n) is 6.60. The predicted molar refractivity (Wildman–Crippen MR) is 122 cm³/mol. The molecule has 0 saturated carbocycles. The number of sulfonamides is 1. The number of hydrogen-bond donors (Lipinski definition) is 2. The first-order valence-corrected chi connectivity index (χ1v) is 11.5. The number of carbonyl (C=O) groups is 1. The Balaban J connectivity index is 1.77. The fourth-order valence-electron chi connectivity index (χ4n) is 2.75. The predicted octanol–water partition coefficient (Wildman–Crippen LogP) is 3.50. The molecule has 160 valence electrons. The summed E-state index contributed by atoms with van der Waals surface area (Å²) in [4.78, 5) is 12.5. The number of amides is 1. The first kappa shape index (κ1) is 22.7. The Morgan fingerprint density at radius 3 is 2.42 bits per heavy atom. The van der Waals surface area contributed by atoms with Crippen LogP contribution in [-0.2, 0) is 21.4 Å². The molecule has 7 nitrogen and oxygen atoms in total. The molecule has 0 aliphatic carbocycles. The van der Waals surface area contributed by atoms with Crippen molar-refractivity contribution in [3.05, 3.63) is 94.5 Å². The summed E-state index contributed by atoms with van der Waals surface area (Å²) in [7, 11) is -3.93. The summed E-state index contributed by atoms with van der Waals surface area (Å²) in [5.74, 6) is -0.516. The van der Waals surface area contributed by atoms with Gasteiger partial charge in [-0.3, -0.25) is 4.79 Å². The molecular formula is C22H20BrN3O4S. The summed E-state index contributed by atoms with van der Waals surface area (Å²) in [6.45, 7) is -0.381. The van der Waals surface area contributed by atoms with Gasteiger partial charge in [-0.2, -0.15) is 9.41 Å². The Kier molecular flexibility index (Phi) is 7.56. The van der Waals surface area contributed by atoms with E-state index in [9.17, 15) is 18.3 Å². The van der Waals surface area contributed by atoms with Crippen LogP contribution >= 0.6 is 15.9 Å². The maximum atomic E-state index is 13.2. The van der Waals surface area contributed by atoms with Gasteiger partial charge in [0.2, 0.25) is 10.0 Å². The SMILES string of the molecule is O=C(CN(Cc1ccccc1)S(=O)(=O)c1ccc(Br)cc1)NN=Cc1cccc(O)c1. The highest BCUT2D eigenvalue weighted by atomic mass is 79.9. The molecule has 0 fully saturated rings. The average Bonchev–Trinajstić information content (AvgIpc) is 2.74. The van der Waals surface area contributed by atoms with Crippen molar-refractivity contribution in [2.24, 2.45) is 5.10 Å². The van der Waals surface area contributed by atoms with Gasteiger partial charge in [0.1, 0.15) is 5.75 Å². The van der Waals surface area contributed by atoms with Crippen molar-refractivity contribution >= 4 is 38.1 Å². The van der Waals surface area contributed by atoms with Gasteiger partial charge >= 0.3 is 0 Å². The van der Waals surface area contributed by atoms with Gasteiger partial charge in [0.05, 0.1) is 17.7 Å². The lowest BCUT2D eigenvalue weighted by atomic mass is 10.2. The molecule has 31 heavy (non-hydrogen) atoms. The van der Waals surface area contributed by atoms with Crippen LogP contribution in [0.3, 0.4) is 0 Å². The van der Waals surface area contributed by atoms with Gasteiger partial charge in [-0.15, -0.1) is 0 Å². The minimum atomic E-state index is -3.93. The Hall–Kier alpha value is -3.01. The van der Waals surface area contributed by atoms with Crippen molar-refractivity contribution < 1.29 is 18.3 Å². The quantitative estimate of drug-likeness (QED) is 0.364. The Morgan fingerprint density at radius 2 is 1.74 bits per heavy atom. The molecule has 3 rings (SSSR count). The Morgan fingerprint density at radius 1 is 1.03 bits per heavy atom. The van der Waals surface area contributed by atoms with E-state index in [-0.39, 0.29) is 17.2 Å². The lowest BCUT2D eigenvalue weighted by Gasteiger charge is -2.21. The second-order valence-corrected chi connectivity index (χ2v) is 9.45. The van der Waals surface area contributed by atoms with Crippen LogP contribution in [0.1, 0.15) is 11.1 Å². The van der Waals surface area contributed by atoms with Gasteiger partial charge in [-0.25, -0.2) is 13.8 Å². The number of hydrogen-bond acceptors (Lipinski definition) is 5. The third-order valence-electron chi connectivity index (χ3n) is 4.25. The van der Waals surface area contributed by atoms with Crippen LogP contribution in [0.15, 0.2) is 93.3 Å². The zero-order valence-electron chi connectivity index (χ0n) is 16.3. The first-order chi connectivity index (χ1) is 14.8. The molecule has 0 aliphatic rings. The largest absolute Gasteiger partial charge is 0.508 e. The molecule has 1 amide bonds. The second kappa shape index (κ2) is 10.3. The Bertz CT molecular complexity index is 1170. The molecule has 0 saturated heterocycles. The molecule has 3 aromatic rings. The summed E-state index contributed by atoms with van der Waals surface area (Å²) in [6.07, 6.45) is 1.36. The van der Waals surface area contributed by atoms with Crippen LogP contribution < -0.4 is 5.43 Å². The van der Waals surface area contributed by atoms with Crippen molar-refractivity contribution in [2.45, 2.75) is 11.4 Å². The summed E-state index contributed by atoms with van der Waals surface area (Å²) < 4.78 is 28.2. The number of benzene rings is 3. The van der Waals surface area contributed by atoms with Crippen LogP contribution in [0, 0.1) is 0 Å².